The number of hydrogen-bond acceptors (Lipinski definition) is 20. The van der Waals surface area contributed by atoms with Crippen LogP contribution in [0.25, 0.3) is 0 Å². The second-order valence-corrected chi connectivity index (χ2v) is 26.0. The molecule has 120 heavy (non-hydrogen) atoms. The van der Waals surface area contributed by atoms with Crippen molar-refractivity contribution in [1.29, 1.82) is 0 Å². The molecule has 5 N–H and O–H groups in total. The number of ether oxygens (including phenoxy) is 15. The van der Waals surface area contributed by atoms with E-state index in [9.17, 15) is 22.0 Å². The van der Waals surface area contributed by atoms with Gasteiger partial charge in [-0.15, -0.1) is 0 Å². The first-order valence-corrected chi connectivity index (χ1v) is 36.5. The number of piperidine rings is 5. The summed E-state index contributed by atoms with van der Waals surface area (Å²) in [6.07, 6.45) is -10.5. The summed E-state index contributed by atoms with van der Waals surface area (Å²) >= 11 is 0. The van der Waals surface area contributed by atoms with E-state index in [0.29, 0.717) is 5.75 Å². The van der Waals surface area contributed by atoms with Crippen LogP contribution >= 0.6 is 0 Å². The Kier molecular flexibility index (Phi) is 14.1. The van der Waals surface area contributed by atoms with E-state index in [4.69, 9.17) is 140 Å². The number of fused-ring (bicyclic) bond motifs is 5. The molecule has 5 unspecified atom stereocenters. The Bertz CT molecular complexity index is 7710. The molecule has 10 aliphatic heterocycles. The van der Waals surface area contributed by atoms with E-state index < -0.39 is 343 Å². The quantitative estimate of drug-likeness (QED) is 0.0451. The fourth-order valence-electron chi connectivity index (χ4n) is 12.3. The van der Waals surface area contributed by atoms with E-state index in [-0.39, 0.29) is 138 Å². The maximum atomic E-state index is 14.2. The summed E-state index contributed by atoms with van der Waals surface area (Å²) in [4.78, 5) is 0. The van der Waals surface area contributed by atoms with Crippen LogP contribution in [0.15, 0.2) is 212 Å². The lowest BCUT2D eigenvalue weighted by molar-refractivity contribution is 0.173. The fraction of sp³-hybridized carbons (Fsp3) is 0.368. The Hall–Kier alpha value is -11.4. The minimum absolute atomic E-state index is 0.00559. The third-order valence-electron chi connectivity index (χ3n) is 18.2. The van der Waals surface area contributed by atoms with Crippen molar-refractivity contribution in [2.75, 3.05) is 132 Å². The summed E-state index contributed by atoms with van der Waals surface area (Å²) in [5.74, 6) is -26.1. The number of nitrogens with one attached hydrogen (secondary N) is 5. The van der Waals surface area contributed by atoms with Crippen molar-refractivity contribution < 1.29 is 162 Å². The van der Waals surface area contributed by atoms with Crippen molar-refractivity contribution in [2.24, 2.45) is 29.5 Å². The summed E-state index contributed by atoms with van der Waals surface area (Å²) in [6, 6.07) is 1.22. The molecule has 20 nitrogen and oxygen atoms in total. The van der Waals surface area contributed by atoms with E-state index in [1.54, 1.807) is 6.07 Å². The zero-order valence-electron chi connectivity index (χ0n) is 112. The van der Waals surface area contributed by atoms with Crippen LogP contribution in [-0.4, -0.2) is 132 Å². The molecule has 0 saturated carbocycles. The van der Waals surface area contributed by atoms with Crippen molar-refractivity contribution in [3.8, 4) is 86.2 Å². The van der Waals surface area contributed by atoms with Gasteiger partial charge in [0.05, 0.1) is 65.8 Å². The van der Waals surface area contributed by atoms with Gasteiger partial charge in [0, 0.05) is 115 Å². The lowest BCUT2D eigenvalue weighted by Crippen LogP contribution is -2.38. The predicted octanol–water partition coefficient (Wildman–Crippen LogP) is 16.6. The van der Waals surface area contributed by atoms with Crippen LogP contribution in [-0.2, 0) is 0 Å². The van der Waals surface area contributed by atoms with Gasteiger partial charge < -0.3 is 97.6 Å². The predicted molar refractivity (Wildman–Crippen MR) is 441 cm³/mol. The molecule has 10 atom stereocenters. The molecule has 5 fully saturated rings. The summed E-state index contributed by atoms with van der Waals surface area (Å²) in [6.45, 7) is -23.6. The largest absolute Gasteiger partial charge is 0.493 e. The van der Waals surface area contributed by atoms with Crippen molar-refractivity contribution in [2.45, 2.75) is 61.4 Å². The standard InChI is InChI=1S/5C19H20FNO3/c5*20-15-3-1-13(2-4-15)17-7-8-21-10-14(17)11-22-16-5-6-18-19(9-16)24-12-23-18/h5*1-6,9,14,17,21H,7-8,10-12H2/t5*14-,17?/m11000/s1/i1D,2D,3D,4D,7D2,11D2,12D2,14D,17D;1D,2D,3D,4D,7D2,12D2,14D,17D;1D,2D,3D,4D,7D2,11D2,12D2,17D;1D,2D,3D,4D,7D2,12D2,17D;1D,2D,3D,4D,8D2,12D2. The van der Waals surface area contributed by atoms with Crippen LogP contribution in [0.3, 0.4) is 0 Å². The van der Waals surface area contributed by atoms with Crippen LogP contribution in [0.5, 0.6) is 86.2 Å². The molecule has 0 amide bonds. The van der Waals surface area contributed by atoms with Gasteiger partial charge in [-0.2, -0.15) is 0 Å². The van der Waals surface area contributed by atoms with Crippen molar-refractivity contribution in [1.82, 2.24) is 26.6 Å². The molecular weight excluding hydrogens is 1550 g/mol. The number of rotatable bonds is 20. The van der Waals surface area contributed by atoms with Crippen molar-refractivity contribution in [3.05, 3.63) is 269 Å². The number of hydrogen-bond donors (Lipinski definition) is 5. The Balaban J connectivity index is 0.000000148. The van der Waals surface area contributed by atoms with Gasteiger partial charge in [-0.25, -0.2) is 22.0 Å². The molecule has 25 heteroatoms. The maximum Gasteiger partial charge on any atom is 0.231 e. The van der Waals surface area contributed by atoms with Crippen LogP contribution in [0.4, 0.5) is 22.0 Å². The second-order valence-electron chi connectivity index (χ2n) is 26.0. The molecule has 0 bridgehead atoms. The maximum absolute atomic E-state index is 14.2. The molecule has 5 saturated heterocycles. The van der Waals surface area contributed by atoms with Crippen molar-refractivity contribution >= 4 is 0 Å². The fourth-order valence-corrected chi connectivity index (χ4v) is 12.3. The third kappa shape index (κ3) is 21.8. The second kappa shape index (κ2) is 40.6. The van der Waals surface area contributed by atoms with E-state index in [1.807, 2.05) is 0 Å². The summed E-state index contributed by atoms with van der Waals surface area (Å²) in [5.41, 5.74) is -3.06. The third-order valence-corrected chi connectivity index (χ3v) is 18.2. The monoisotopic (exact) mass is 1700 g/mol. The highest BCUT2D eigenvalue weighted by molar-refractivity contribution is 5.51. The molecule has 10 heterocycles. The lowest BCUT2D eigenvalue weighted by Gasteiger charge is -2.32. The van der Waals surface area contributed by atoms with Crippen LogP contribution < -0.4 is 97.6 Å². The first-order chi connectivity index (χ1) is 78.2. The Labute approximate surface area is 765 Å². The van der Waals surface area contributed by atoms with Gasteiger partial charge in [0.15, 0.2) is 57.5 Å². The minimum Gasteiger partial charge on any atom is -0.493 e. The Morgan fingerprint density at radius 3 is 1.01 bits per heavy atom. The Morgan fingerprint density at radius 2 is 0.600 bits per heavy atom. The molecular formula is C95H100F5N5O15. The lowest BCUT2D eigenvalue weighted by atomic mass is 9.81. The molecule has 630 valence electrons. The highest BCUT2D eigenvalue weighted by Gasteiger charge is 2.34. The van der Waals surface area contributed by atoms with Crippen LogP contribution in [0.2, 0.25) is 0 Å². The smallest absolute Gasteiger partial charge is 0.231 e. The van der Waals surface area contributed by atoms with E-state index in [2.05, 4.69) is 26.6 Å². The van der Waals surface area contributed by atoms with Gasteiger partial charge in [-0.3, -0.25) is 0 Å². The molecule has 10 aliphatic rings. The molecule has 10 aromatic rings. The summed E-state index contributed by atoms with van der Waals surface area (Å²) in [5, 5.41) is 13.5. The SMILES string of the molecule is [2H]c1c([2H])c(C2([2H])C([2H])([2H])CNC[C@]2([2H])C([2H])([2H])Oc2ccc3c(c2)OC([2H])([2H])O3)c([2H])c([2H])c1F.[2H]c1c([2H])c(C2([2H])C([2H])([2H])CNC[C@]2([2H])COc2ccc3c(c2)OC([2H])([2H])O3)c([2H])c([2H])c1F.[2H]c1c([2H])c(C2([2H])[C@H](C([2H])([2H])Oc3ccc4c(c3)OC([2H])([2H])O4)CNCC2([2H])[2H])c([2H])c([2H])c1F.[2H]c1c([2H])c(C2([2H])[C@H](COc3ccc4c(c3)OC([2H])([2H])O4)CNCC2([2H])[2H])c([2H])c([2H])c1F.[2H]c1c([2H])c(C2CC([2H])([2H])NC[C@H]2COc2ccc3c(c2)OC([2H])([2H])O3)c([2H])c([2H])c1F. The van der Waals surface area contributed by atoms with E-state index in [0.717, 1.165) is 12.1 Å². The van der Waals surface area contributed by atoms with E-state index >= 15 is 0 Å². The first kappa shape index (κ1) is 41.8. The molecule has 0 aliphatic carbocycles. The topological polar surface area (TPSA) is 199 Å². The molecule has 0 aromatic heterocycles. The van der Waals surface area contributed by atoms with Crippen LogP contribution in [0.1, 0.15) is 158 Å². The van der Waals surface area contributed by atoms with Crippen LogP contribution in [0, 0.1) is 58.6 Å². The van der Waals surface area contributed by atoms with Gasteiger partial charge >= 0.3 is 0 Å². The normalized spacial score (nSPS) is 36.5. The van der Waals surface area contributed by atoms with E-state index in [1.165, 1.54) is 72.8 Å². The first-order valence-electron chi connectivity index (χ1n) is 61.5. The zero-order valence-corrected chi connectivity index (χ0v) is 62.2. The summed E-state index contributed by atoms with van der Waals surface area (Å²) in [7, 11) is 0. The molecule has 0 spiro atoms. The summed E-state index contributed by atoms with van der Waals surface area (Å²) < 4.78 is 556. The highest BCUT2D eigenvalue weighted by atomic mass is 19.1. The molecule has 10 aromatic carbocycles. The Morgan fingerprint density at radius 1 is 0.308 bits per heavy atom. The van der Waals surface area contributed by atoms with Crippen molar-refractivity contribution in [3.63, 3.8) is 0 Å². The highest BCUT2D eigenvalue weighted by Crippen LogP contribution is 2.43. The van der Waals surface area contributed by atoms with Gasteiger partial charge in [-0.05, 0) is 243 Å². The zero-order chi connectivity index (χ0) is 126. The average Bonchev–Trinajstić information content (AvgIpc) is 0.949. The van der Waals surface area contributed by atoms with Gasteiger partial charge in [0.1, 0.15) is 71.5 Å². The number of benzene rings is 10. The van der Waals surface area contributed by atoms with Gasteiger partial charge in [-0.1, -0.05) is 60.4 Å². The van der Waals surface area contributed by atoms with Gasteiger partial charge in [0.2, 0.25) is 33.7 Å². The number of halogens is 5. The molecule has 0 radical (unpaired) electrons. The minimum atomic E-state index is -3.24. The average molecular weight is 1700 g/mol. The van der Waals surface area contributed by atoms with Gasteiger partial charge in [0.25, 0.3) is 0 Å². The molecule has 20 rings (SSSR count).